The number of hydrogen-bond donors (Lipinski definition) is 0. The molecule has 1 aromatic carbocycles. The Labute approximate surface area is 131 Å². The van der Waals surface area contributed by atoms with Crippen LogP contribution in [0.25, 0.3) is 0 Å². The van der Waals surface area contributed by atoms with E-state index in [2.05, 4.69) is 17.7 Å². The van der Waals surface area contributed by atoms with Gasteiger partial charge in [-0.1, -0.05) is 36.7 Å². The number of thiocarbonyl (C=S) groups is 1. The van der Waals surface area contributed by atoms with E-state index in [1.54, 1.807) is 6.07 Å². The quantitative estimate of drug-likeness (QED) is 0.623. The van der Waals surface area contributed by atoms with Gasteiger partial charge in [0.05, 0.1) is 5.56 Å². The number of benzene rings is 1. The van der Waals surface area contributed by atoms with Gasteiger partial charge in [-0.05, 0) is 37.0 Å². The highest BCUT2D eigenvalue weighted by Crippen LogP contribution is 2.27. The van der Waals surface area contributed by atoms with Gasteiger partial charge in [-0.15, -0.1) is 6.42 Å². The molecule has 1 aliphatic rings. The molecule has 0 aliphatic carbocycles. The van der Waals surface area contributed by atoms with E-state index in [1.807, 2.05) is 12.1 Å². The molecule has 0 atom stereocenters. The molecule has 1 saturated heterocycles. The summed E-state index contributed by atoms with van der Waals surface area (Å²) in [4.78, 5) is 3.02. The fourth-order valence-electron chi connectivity index (χ4n) is 2.30. The molecule has 0 spiro atoms. The number of rotatable bonds is 3. The summed E-state index contributed by atoms with van der Waals surface area (Å²) in [7, 11) is 0. The Hall–Kier alpha value is -1.24. The Kier molecular flexibility index (Phi) is 5.28. The predicted octanol–water partition coefficient (Wildman–Crippen LogP) is 3.76. The van der Waals surface area contributed by atoms with Crippen LogP contribution >= 0.6 is 23.8 Å². The molecular weight excluding hydrogens is 290 g/mol. The van der Waals surface area contributed by atoms with Crippen molar-refractivity contribution < 1.29 is 4.74 Å². The number of nitrogens with zero attached hydrogens (tertiary/aromatic N) is 1. The van der Waals surface area contributed by atoms with Crippen LogP contribution in [0.3, 0.4) is 0 Å². The van der Waals surface area contributed by atoms with Crippen molar-refractivity contribution in [3.05, 3.63) is 28.8 Å². The summed E-state index contributed by atoms with van der Waals surface area (Å²) < 4.78 is 5.57. The van der Waals surface area contributed by atoms with Crippen molar-refractivity contribution in [2.75, 3.05) is 19.7 Å². The Morgan fingerprint density at radius 1 is 1.50 bits per heavy atom. The van der Waals surface area contributed by atoms with Gasteiger partial charge >= 0.3 is 0 Å². The van der Waals surface area contributed by atoms with E-state index >= 15 is 0 Å². The lowest BCUT2D eigenvalue weighted by Gasteiger charge is -2.32. The molecule has 0 aromatic heterocycles. The van der Waals surface area contributed by atoms with Crippen molar-refractivity contribution in [1.29, 1.82) is 0 Å². The first-order valence-electron chi connectivity index (χ1n) is 6.77. The van der Waals surface area contributed by atoms with Crippen LogP contribution in [-0.4, -0.2) is 29.6 Å². The molecule has 1 aromatic rings. The van der Waals surface area contributed by atoms with E-state index in [4.69, 9.17) is 35.0 Å². The second-order valence-corrected chi connectivity index (χ2v) is 5.93. The Morgan fingerprint density at radius 2 is 2.20 bits per heavy atom. The molecule has 0 saturated carbocycles. The second-order valence-electron chi connectivity index (χ2n) is 5.11. The zero-order valence-corrected chi connectivity index (χ0v) is 13.1. The summed E-state index contributed by atoms with van der Waals surface area (Å²) in [5.41, 5.74) is 0.859. The van der Waals surface area contributed by atoms with Gasteiger partial charge in [-0.25, -0.2) is 0 Å². The van der Waals surface area contributed by atoms with Crippen LogP contribution in [0.1, 0.15) is 25.3 Å². The average molecular weight is 308 g/mol. The van der Waals surface area contributed by atoms with E-state index in [1.165, 1.54) is 12.8 Å². The first-order valence-corrected chi connectivity index (χ1v) is 7.55. The molecule has 0 radical (unpaired) electrons. The van der Waals surface area contributed by atoms with E-state index in [9.17, 15) is 0 Å². The SMILES string of the molecule is C#CCOc1ccc(Cl)cc1C(=S)N1CCC(C)CC1. The summed E-state index contributed by atoms with van der Waals surface area (Å²) in [6.07, 6.45) is 7.58. The summed E-state index contributed by atoms with van der Waals surface area (Å²) in [6.45, 7) is 4.48. The topological polar surface area (TPSA) is 12.5 Å². The molecular formula is C16H18ClNOS. The third kappa shape index (κ3) is 3.65. The van der Waals surface area contributed by atoms with E-state index in [0.717, 1.165) is 29.6 Å². The maximum absolute atomic E-state index is 6.08. The van der Waals surface area contributed by atoms with Crippen molar-refractivity contribution in [2.45, 2.75) is 19.8 Å². The molecule has 0 amide bonds. The van der Waals surface area contributed by atoms with Crippen LogP contribution in [0.5, 0.6) is 5.75 Å². The van der Waals surface area contributed by atoms with Crippen LogP contribution in [0, 0.1) is 18.3 Å². The van der Waals surface area contributed by atoms with Crippen molar-refractivity contribution >= 4 is 28.8 Å². The Bertz CT molecular complexity index is 530. The normalized spacial score (nSPS) is 15.8. The van der Waals surface area contributed by atoms with Gasteiger partial charge in [-0.2, -0.15) is 0 Å². The van der Waals surface area contributed by atoms with Crippen LogP contribution in [0.4, 0.5) is 0 Å². The molecule has 106 valence electrons. The second kappa shape index (κ2) is 6.97. The van der Waals surface area contributed by atoms with Crippen molar-refractivity contribution in [3.8, 4) is 18.1 Å². The molecule has 1 aliphatic heterocycles. The fraction of sp³-hybridized carbons (Fsp3) is 0.438. The van der Waals surface area contributed by atoms with Crippen LogP contribution in [0.2, 0.25) is 5.02 Å². The van der Waals surface area contributed by atoms with Crippen molar-refractivity contribution in [1.82, 2.24) is 4.90 Å². The maximum atomic E-state index is 6.08. The number of halogens is 1. The summed E-state index contributed by atoms with van der Waals surface area (Å²) >= 11 is 11.7. The molecule has 2 rings (SSSR count). The zero-order chi connectivity index (χ0) is 14.5. The highest BCUT2D eigenvalue weighted by atomic mass is 35.5. The number of ether oxygens (including phenoxy) is 1. The third-order valence-electron chi connectivity index (χ3n) is 3.55. The van der Waals surface area contributed by atoms with Gasteiger partial charge in [0.2, 0.25) is 0 Å². The monoisotopic (exact) mass is 307 g/mol. The predicted molar refractivity (Wildman–Crippen MR) is 87.5 cm³/mol. The molecule has 1 heterocycles. The van der Waals surface area contributed by atoms with Gasteiger partial charge in [0, 0.05) is 18.1 Å². The van der Waals surface area contributed by atoms with E-state index in [-0.39, 0.29) is 6.61 Å². The van der Waals surface area contributed by atoms with E-state index in [0.29, 0.717) is 10.8 Å². The van der Waals surface area contributed by atoms with Crippen LogP contribution in [0.15, 0.2) is 18.2 Å². The lowest BCUT2D eigenvalue weighted by atomic mass is 9.99. The minimum atomic E-state index is 0.230. The standard InChI is InChI=1S/C16H18ClNOS/c1-3-10-19-15-5-4-13(17)11-14(15)16(20)18-8-6-12(2)7-9-18/h1,4-5,11-12H,6-10H2,2H3. The fourth-order valence-corrected chi connectivity index (χ4v) is 2.81. The first-order chi connectivity index (χ1) is 9.61. The minimum absolute atomic E-state index is 0.230. The van der Waals surface area contributed by atoms with Crippen LogP contribution < -0.4 is 4.74 Å². The molecule has 20 heavy (non-hydrogen) atoms. The molecule has 0 N–H and O–H groups in total. The number of piperidine rings is 1. The molecule has 4 heteroatoms. The molecule has 0 unspecified atom stereocenters. The highest BCUT2D eigenvalue weighted by molar-refractivity contribution is 7.80. The van der Waals surface area contributed by atoms with Gasteiger partial charge < -0.3 is 9.64 Å². The van der Waals surface area contributed by atoms with Crippen LogP contribution in [-0.2, 0) is 0 Å². The lowest BCUT2D eigenvalue weighted by Crippen LogP contribution is -2.37. The Balaban J connectivity index is 2.19. The number of likely N-dealkylation sites (tertiary alicyclic amines) is 1. The largest absolute Gasteiger partial charge is 0.480 e. The average Bonchev–Trinajstić information content (AvgIpc) is 2.46. The molecule has 1 fully saturated rings. The van der Waals surface area contributed by atoms with Gasteiger partial charge in [0.25, 0.3) is 0 Å². The summed E-state index contributed by atoms with van der Waals surface area (Å²) in [6, 6.07) is 5.47. The van der Waals surface area contributed by atoms with Gasteiger partial charge in [0.1, 0.15) is 17.3 Å². The highest BCUT2D eigenvalue weighted by Gasteiger charge is 2.21. The van der Waals surface area contributed by atoms with Crippen molar-refractivity contribution in [3.63, 3.8) is 0 Å². The van der Waals surface area contributed by atoms with Crippen molar-refractivity contribution in [2.24, 2.45) is 5.92 Å². The maximum Gasteiger partial charge on any atom is 0.148 e. The molecule has 2 nitrogen and oxygen atoms in total. The summed E-state index contributed by atoms with van der Waals surface area (Å²) in [5, 5.41) is 0.654. The minimum Gasteiger partial charge on any atom is -0.480 e. The van der Waals surface area contributed by atoms with Gasteiger partial charge in [-0.3, -0.25) is 0 Å². The number of terminal acetylenes is 1. The first kappa shape index (κ1) is 15.2. The zero-order valence-electron chi connectivity index (χ0n) is 11.6. The Morgan fingerprint density at radius 3 is 2.85 bits per heavy atom. The van der Waals surface area contributed by atoms with E-state index < -0.39 is 0 Å². The number of hydrogen-bond acceptors (Lipinski definition) is 2. The summed E-state index contributed by atoms with van der Waals surface area (Å²) in [5.74, 6) is 3.94. The molecule has 0 bridgehead atoms. The smallest absolute Gasteiger partial charge is 0.148 e. The lowest BCUT2D eigenvalue weighted by molar-refractivity contribution is 0.283. The van der Waals surface area contributed by atoms with Gasteiger partial charge in [0.15, 0.2) is 0 Å². The third-order valence-corrected chi connectivity index (χ3v) is 4.27.